The van der Waals surface area contributed by atoms with E-state index in [-0.39, 0.29) is 23.7 Å². The van der Waals surface area contributed by atoms with Crippen LogP contribution < -0.4 is 16.0 Å². The first-order chi connectivity index (χ1) is 15.0. The molecular formula is C20H27N9O2. The van der Waals surface area contributed by atoms with Crippen LogP contribution in [-0.2, 0) is 0 Å². The van der Waals surface area contributed by atoms with Crippen molar-refractivity contribution in [2.75, 3.05) is 16.8 Å². The van der Waals surface area contributed by atoms with Crippen LogP contribution in [0.1, 0.15) is 52.4 Å². The molecule has 164 valence electrons. The van der Waals surface area contributed by atoms with Crippen LogP contribution in [0.25, 0.3) is 22.8 Å². The molecule has 11 heteroatoms. The summed E-state index contributed by atoms with van der Waals surface area (Å²) in [5.41, 5.74) is 1.82. The number of fused-ring (bicyclic) bond motifs is 1. The summed E-state index contributed by atoms with van der Waals surface area (Å²) in [4.78, 5) is 33.4. The average molecular weight is 425 g/mol. The van der Waals surface area contributed by atoms with E-state index in [4.69, 9.17) is 10.4 Å². The quantitative estimate of drug-likeness (QED) is 0.440. The minimum absolute atomic E-state index is 0.0268. The van der Waals surface area contributed by atoms with Crippen molar-refractivity contribution < 1.29 is 4.52 Å². The van der Waals surface area contributed by atoms with Gasteiger partial charge in [0.05, 0.1) is 6.04 Å². The van der Waals surface area contributed by atoms with Crippen LogP contribution >= 0.6 is 0 Å². The molecule has 11 nitrogen and oxygen atoms in total. The monoisotopic (exact) mass is 425 g/mol. The normalized spacial score (nSPS) is 20.6. The number of imidazole rings is 1. The first kappa shape index (κ1) is 19.7. The second kappa shape index (κ2) is 7.78. The standard InChI is InChI=1S/C20H27N9O2/c1-10(21)13-8-3-4-9-29(13)19-23-14-15(22-11(2)12-6-5-7-12)24-17(25-16(14)26-19)18-27-20(30)31-28-18/h11-13,21H,3-9H2,1-2H3,(H,27,28,30)(H2,22,23,24,25,26). The molecular weight excluding hydrogens is 398 g/mol. The topological polar surface area (TPSA) is 152 Å². The zero-order chi connectivity index (χ0) is 21.5. The van der Waals surface area contributed by atoms with Crippen LogP contribution in [-0.4, -0.2) is 54.4 Å². The van der Waals surface area contributed by atoms with E-state index in [1.165, 1.54) is 19.3 Å². The first-order valence-electron chi connectivity index (χ1n) is 10.9. The molecule has 1 saturated heterocycles. The molecule has 2 unspecified atom stereocenters. The van der Waals surface area contributed by atoms with Crippen molar-refractivity contribution >= 4 is 28.6 Å². The Kier molecular flexibility index (Phi) is 4.95. The Morgan fingerprint density at radius 2 is 2.03 bits per heavy atom. The van der Waals surface area contributed by atoms with Gasteiger partial charge in [0.25, 0.3) is 0 Å². The molecule has 2 aliphatic rings. The Hall–Kier alpha value is -3.24. The average Bonchev–Trinajstić information content (AvgIpc) is 3.32. The maximum atomic E-state index is 11.4. The van der Waals surface area contributed by atoms with Crippen molar-refractivity contribution in [1.29, 1.82) is 5.41 Å². The molecule has 1 aliphatic carbocycles. The number of H-pyrrole nitrogens is 2. The van der Waals surface area contributed by atoms with Gasteiger partial charge in [-0.2, -0.15) is 4.98 Å². The van der Waals surface area contributed by atoms with Gasteiger partial charge < -0.3 is 20.6 Å². The molecule has 3 aromatic rings. The van der Waals surface area contributed by atoms with Gasteiger partial charge in [0.2, 0.25) is 17.6 Å². The third kappa shape index (κ3) is 3.68. The molecule has 2 fully saturated rings. The lowest BCUT2D eigenvalue weighted by Gasteiger charge is -2.35. The molecule has 4 N–H and O–H groups in total. The van der Waals surface area contributed by atoms with E-state index >= 15 is 0 Å². The highest BCUT2D eigenvalue weighted by Crippen LogP contribution is 2.33. The number of nitrogens with zero attached hydrogens (tertiary/aromatic N) is 5. The fourth-order valence-corrected chi connectivity index (χ4v) is 4.47. The van der Waals surface area contributed by atoms with Gasteiger partial charge >= 0.3 is 5.76 Å². The summed E-state index contributed by atoms with van der Waals surface area (Å²) in [5.74, 6) is 1.68. The van der Waals surface area contributed by atoms with Crippen LogP contribution in [0.3, 0.4) is 0 Å². The van der Waals surface area contributed by atoms with Gasteiger partial charge in [0, 0.05) is 18.3 Å². The van der Waals surface area contributed by atoms with Gasteiger partial charge in [-0.25, -0.2) is 14.8 Å². The Morgan fingerprint density at radius 3 is 2.71 bits per heavy atom. The molecule has 0 aromatic carbocycles. The van der Waals surface area contributed by atoms with E-state index in [2.05, 4.69) is 46.8 Å². The van der Waals surface area contributed by atoms with Crippen molar-refractivity contribution in [3.05, 3.63) is 10.6 Å². The molecule has 31 heavy (non-hydrogen) atoms. The number of aromatic nitrogens is 6. The fraction of sp³-hybridized carbons (Fsp3) is 0.600. The van der Waals surface area contributed by atoms with Gasteiger partial charge in [-0.3, -0.25) is 9.51 Å². The Labute approximate surface area is 178 Å². The summed E-state index contributed by atoms with van der Waals surface area (Å²) in [6.45, 7) is 4.84. The predicted molar refractivity (Wildman–Crippen MR) is 117 cm³/mol. The van der Waals surface area contributed by atoms with Gasteiger partial charge in [0.1, 0.15) is 5.52 Å². The summed E-state index contributed by atoms with van der Waals surface area (Å²) in [6.07, 6.45) is 6.76. The maximum Gasteiger partial charge on any atom is 0.439 e. The summed E-state index contributed by atoms with van der Waals surface area (Å²) in [6, 6.07) is 0.272. The molecule has 0 bridgehead atoms. The van der Waals surface area contributed by atoms with Crippen molar-refractivity contribution in [3.63, 3.8) is 0 Å². The lowest BCUT2D eigenvalue weighted by Crippen LogP contribution is -2.44. The molecule has 0 spiro atoms. The van der Waals surface area contributed by atoms with Crippen LogP contribution in [0.5, 0.6) is 0 Å². The predicted octanol–water partition coefficient (Wildman–Crippen LogP) is 2.70. The fourth-order valence-electron chi connectivity index (χ4n) is 4.47. The number of rotatable bonds is 6. The van der Waals surface area contributed by atoms with Crippen molar-refractivity contribution in [2.24, 2.45) is 5.92 Å². The van der Waals surface area contributed by atoms with Gasteiger partial charge in [-0.15, -0.1) is 0 Å². The third-order valence-electron chi connectivity index (χ3n) is 6.49. The van der Waals surface area contributed by atoms with E-state index in [0.717, 1.165) is 25.8 Å². The number of hydrogen-bond acceptors (Lipinski definition) is 9. The highest BCUT2D eigenvalue weighted by Gasteiger charge is 2.29. The van der Waals surface area contributed by atoms with Crippen LogP contribution in [0, 0.1) is 11.3 Å². The molecule has 5 rings (SSSR count). The lowest BCUT2D eigenvalue weighted by molar-refractivity contribution is 0.285. The van der Waals surface area contributed by atoms with E-state index in [1.54, 1.807) is 0 Å². The molecule has 2 atom stereocenters. The molecule has 4 heterocycles. The Morgan fingerprint density at radius 1 is 1.19 bits per heavy atom. The number of piperidine rings is 1. The number of nitrogens with one attached hydrogen (secondary N) is 4. The highest BCUT2D eigenvalue weighted by molar-refractivity contribution is 5.89. The lowest BCUT2D eigenvalue weighted by atomic mass is 9.80. The maximum absolute atomic E-state index is 11.4. The Balaban J connectivity index is 1.58. The van der Waals surface area contributed by atoms with Crippen LogP contribution in [0.2, 0.25) is 0 Å². The smallest absolute Gasteiger partial charge is 0.365 e. The van der Waals surface area contributed by atoms with Crippen molar-refractivity contribution in [1.82, 2.24) is 30.1 Å². The summed E-state index contributed by atoms with van der Waals surface area (Å²) < 4.78 is 4.64. The first-order valence-corrected chi connectivity index (χ1v) is 10.9. The number of hydrogen-bond donors (Lipinski definition) is 4. The van der Waals surface area contributed by atoms with Crippen molar-refractivity contribution in [3.8, 4) is 11.6 Å². The highest BCUT2D eigenvalue weighted by atomic mass is 16.5. The Bertz CT molecular complexity index is 1160. The zero-order valence-electron chi connectivity index (χ0n) is 17.7. The summed E-state index contributed by atoms with van der Waals surface area (Å²) >= 11 is 0. The van der Waals surface area contributed by atoms with Crippen LogP contribution in [0.15, 0.2) is 9.32 Å². The van der Waals surface area contributed by atoms with E-state index in [0.29, 0.717) is 34.6 Å². The van der Waals surface area contributed by atoms with Gasteiger partial charge in [-0.1, -0.05) is 11.6 Å². The second-order valence-electron chi connectivity index (χ2n) is 8.61. The molecule has 1 aliphatic heterocycles. The largest absolute Gasteiger partial charge is 0.439 e. The molecule has 0 radical (unpaired) electrons. The van der Waals surface area contributed by atoms with Gasteiger partial charge in [-0.05, 0) is 51.9 Å². The molecule has 1 saturated carbocycles. The second-order valence-corrected chi connectivity index (χ2v) is 8.61. The summed E-state index contributed by atoms with van der Waals surface area (Å²) in [7, 11) is 0. The SMILES string of the molecule is CC(=N)C1CCCCN1c1nc2nc(-c3noc(=O)[nH]3)nc(NC(C)C3CCC3)c2[nH]1. The minimum Gasteiger partial charge on any atom is -0.365 e. The minimum atomic E-state index is -0.656. The summed E-state index contributed by atoms with van der Waals surface area (Å²) in [5, 5.41) is 15.4. The number of anilines is 2. The molecule has 0 amide bonds. The molecule has 3 aromatic heterocycles. The van der Waals surface area contributed by atoms with Crippen molar-refractivity contribution in [2.45, 2.75) is 64.5 Å². The number of aromatic amines is 2. The third-order valence-corrected chi connectivity index (χ3v) is 6.49. The van der Waals surface area contributed by atoms with Gasteiger partial charge in [0.15, 0.2) is 11.5 Å². The zero-order valence-corrected chi connectivity index (χ0v) is 17.7. The van der Waals surface area contributed by atoms with E-state index in [1.807, 2.05) is 6.92 Å². The van der Waals surface area contributed by atoms with E-state index in [9.17, 15) is 4.79 Å². The van der Waals surface area contributed by atoms with Crippen LogP contribution in [0.4, 0.5) is 11.8 Å². The van der Waals surface area contributed by atoms with E-state index < -0.39 is 5.76 Å².